The molecule has 5 heteroatoms. The molecule has 1 aliphatic heterocycles. The topological polar surface area (TPSA) is 35.2 Å². The SMILES string of the molecule is [2H]C([2H])([2H])C(c1cc(-c2cccc3c4cccc(C([2H])([2H])C(C)(C)C)c4c4ccccc4c4cccc5c4n(c23)CN5c2cccc(Oc3ccc4c5ccccc5n(-c5cc(C(C)(C)C)ccn5)c4c3)c2)cc(C(C)(C)C)c1)(C([2H])([2H])[2H])C([2H])([2H])[2H]. The van der Waals surface area contributed by atoms with Gasteiger partial charge in [0.05, 0.1) is 27.8 Å². The first kappa shape index (κ1) is 37.8. The van der Waals surface area contributed by atoms with Crippen LogP contribution in [0.25, 0.3) is 82.1 Å². The Morgan fingerprint density at radius 3 is 1.88 bits per heavy atom. The van der Waals surface area contributed by atoms with Gasteiger partial charge in [-0.25, -0.2) is 4.98 Å². The van der Waals surface area contributed by atoms with Crippen molar-refractivity contribution in [1.82, 2.24) is 14.1 Å². The quantitative estimate of drug-likeness (QED) is 0.166. The van der Waals surface area contributed by atoms with Crippen LogP contribution in [0.15, 0.2) is 182 Å². The molecule has 5 nitrogen and oxygen atoms in total. The Labute approximate surface area is 464 Å². The molecule has 1 aliphatic rings. The monoisotopic (exact) mass is 1010 g/mol. The Morgan fingerprint density at radius 1 is 0.513 bits per heavy atom. The van der Waals surface area contributed by atoms with E-state index in [1.165, 1.54) is 17.7 Å². The van der Waals surface area contributed by atoms with Crippen molar-refractivity contribution in [3.05, 3.63) is 204 Å². The predicted octanol–water partition coefficient (Wildman–Crippen LogP) is 19.8. The van der Waals surface area contributed by atoms with Crippen molar-refractivity contribution in [3.8, 4) is 28.4 Å². The summed E-state index contributed by atoms with van der Waals surface area (Å²) in [5, 5.41) is 6.86. The molecule has 0 atom stereocenters. The second-order valence-corrected chi connectivity index (χ2v) is 23.6. The van der Waals surface area contributed by atoms with E-state index in [0.717, 1.165) is 71.4 Å². The number of pyridine rings is 1. The Balaban J connectivity index is 1.13. The molecule has 0 saturated heterocycles. The molecular weight excluding hydrogens is 925 g/mol. The van der Waals surface area contributed by atoms with Gasteiger partial charge in [-0.3, -0.25) is 4.57 Å². The van der Waals surface area contributed by atoms with Crippen LogP contribution in [-0.4, -0.2) is 14.1 Å². The number of aromatic nitrogens is 3. The lowest BCUT2D eigenvalue weighted by atomic mass is 9.78. The van der Waals surface area contributed by atoms with E-state index in [-0.39, 0.29) is 17.6 Å². The summed E-state index contributed by atoms with van der Waals surface area (Å²) in [5.74, 6) is 2.03. The minimum absolute atomic E-state index is 0.0964. The molecule has 4 heterocycles. The summed E-state index contributed by atoms with van der Waals surface area (Å²) in [6, 6.07) is 57.4. The van der Waals surface area contributed by atoms with E-state index in [9.17, 15) is 2.74 Å². The number of hydrogen-bond donors (Lipinski definition) is 0. The lowest BCUT2D eigenvalue weighted by Gasteiger charge is -2.27. The zero-order chi connectivity index (χ0) is 62.3. The van der Waals surface area contributed by atoms with Crippen molar-refractivity contribution in [3.63, 3.8) is 0 Å². The molecule has 76 heavy (non-hydrogen) atoms. The highest BCUT2D eigenvalue weighted by Gasteiger charge is 2.28. The molecule has 0 fully saturated rings. The maximum Gasteiger partial charge on any atom is 0.137 e. The maximum atomic E-state index is 9.92. The molecule has 3 aromatic heterocycles. The van der Waals surface area contributed by atoms with Gasteiger partial charge in [0, 0.05) is 66.2 Å². The van der Waals surface area contributed by atoms with Gasteiger partial charge in [0.2, 0.25) is 0 Å². The zero-order valence-corrected chi connectivity index (χ0v) is 44.7. The summed E-state index contributed by atoms with van der Waals surface area (Å²) < 4.78 is 111. The number of rotatable bonds is 6. The van der Waals surface area contributed by atoms with Gasteiger partial charge in [-0.15, -0.1) is 0 Å². The first-order valence-corrected chi connectivity index (χ1v) is 26.2. The van der Waals surface area contributed by atoms with Crippen LogP contribution in [0.4, 0.5) is 11.4 Å². The van der Waals surface area contributed by atoms with Gasteiger partial charge in [0.15, 0.2) is 0 Å². The standard InChI is InChI=1S/C71H70N4O/c1-68(2,3)43-45-21-17-28-58-60-29-19-27-53(46-37-48(70(7,8)9)39-49(38-46)71(10,11)12)66(60)74-44-73(62-32-20-30-59(67(62)74)54-24-13-14-26-57(54)65(45)58)50-22-18-23-51(41-50)76-52-33-34-56-55-25-15-16-31-61(55)75(63(56)42-52)64-40-47(35-36-72-64)69(4,5)6/h13-42H,43-44H2,1-12H3/i7D3,8D3,9D3,43D2. The van der Waals surface area contributed by atoms with Crippen LogP contribution in [0.5, 0.6) is 11.5 Å². The van der Waals surface area contributed by atoms with Crippen molar-refractivity contribution in [1.29, 1.82) is 0 Å². The highest BCUT2D eigenvalue weighted by Crippen LogP contribution is 2.47. The van der Waals surface area contributed by atoms with Gasteiger partial charge in [-0.1, -0.05) is 198 Å². The lowest BCUT2D eigenvalue weighted by molar-refractivity contribution is 0.413. The number of hydrogen-bond acceptors (Lipinski definition) is 3. The molecular formula is C71H70N4O. The Morgan fingerprint density at radius 2 is 1.13 bits per heavy atom. The average molecular weight is 1010 g/mol. The number of nitrogens with zero attached hydrogens (tertiary/aromatic N) is 4. The van der Waals surface area contributed by atoms with Crippen molar-refractivity contribution < 1.29 is 19.8 Å². The van der Waals surface area contributed by atoms with Crippen LogP contribution < -0.4 is 9.64 Å². The number of benzene rings is 8. The van der Waals surface area contributed by atoms with Crippen molar-refractivity contribution in [2.75, 3.05) is 4.90 Å². The highest BCUT2D eigenvalue weighted by molar-refractivity contribution is 6.23. The molecule has 8 aromatic carbocycles. The molecule has 0 saturated carbocycles. The average Bonchev–Trinajstić information content (AvgIpc) is 1.44. The second kappa shape index (κ2) is 17.9. The molecule has 0 unspecified atom stereocenters. The van der Waals surface area contributed by atoms with Crippen molar-refractivity contribution >= 4 is 76.5 Å². The van der Waals surface area contributed by atoms with Crippen LogP contribution in [-0.2, 0) is 29.3 Å². The van der Waals surface area contributed by atoms with Gasteiger partial charge in [0.1, 0.15) is 24.0 Å². The van der Waals surface area contributed by atoms with E-state index in [4.69, 9.17) is 22.1 Å². The third-order valence-corrected chi connectivity index (χ3v) is 14.9. The summed E-state index contributed by atoms with van der Waals surface area (Å²) in [7, 11) is 0. The number of para-hydroxylation sites is 3. The smallest absolute Gasteiger partial charge is 0.137 e. The van der Waals surface area contributed by atoms with E-state index in [1.807, 2.05) is 151 Å². The first-order chi connectivity index (χ1) is 40.7. The normalized spacial score (nSPS) is 16.1. The van der Waals surface area contributed by atoms with Gasteiger partial charge in [0.25, 0.3) is 0 Å². The Bertz CT molecular complexity index is 4620. The molecule has 11 aromatic rings. The Hall–Kier alpha value is -7.89. The summed E-state index contributed by atoms with van der Waals surface area (Å²) in [6.07, 6.45) is 0.0102. The van der Waals surface area contributed by atoms with Crippen LogP contribution in [0, 0.1) is 5.41 Å². The fraction of sp³-hybridized carbons (Fsp3) is 0.254. The molecule has 0 amide bonds. The summed E-state index contributed by atoms with van der Waals surface area (Å²) in [4.78, 5) is 7.12. The van der Waals surface area contributed by atoms with Gasteiger partial charge < -0.3 is 14.2 Å². The van der Waals surface area contributed by atoms with Gasteiger partial charge >= 0.3 is 0 Å². The molecule has 12 rings (SSSR count). The van der Waals surface area contributed by atoms with E-state index in [1.54, 1.807) is 0 Å². The summed E-state index contributed by atoms with van der Waals surface area (Å²) in [6.45, 7) is 7.75. The fourth-order valence-corrected chi connectivity index (χ4v) is 11.3. The highest BCUT2D eigenvalue weighted by atomic mass is 16.5. The molecule has 380 valence electrons. The first-order valence-electron chi connectivity index (χ1n) is 31.7. The molecule has 0 bridgehead atoms. The minimum atomic E-state index is -3.52. The van der Waals surface area contributed by atoms with Crippen LogP contribution in [0.1, 0.15) is 120 Å². The van der Waals surface area contributed by atoms with E-state index >= 15 is 0 Å². The molecule has 0 radical (unpaired) electrons. The minimum Gasteiger partial charge on any atom is -0.457 e. The molecule has 0 aliphatic carbocycles. The number of anilines is 2. The van der Waals surface area contributed by atoms with Gasteiger partial charge in [-0.05, 0) is 126 Å². The lowest BCUT2D eigenvalue weighted by Crippen LogP contribution is -2.17. The molecule has 0 N–H and O–H groups in total. The van der Waals surface area contributed by atoms with E-state index in [2.05, 4.69) is 95.5 Å². The second-order valence-electron chi connectivity index (χ2n) is 23.6. The zero-order valence-electron chi connectivity index (χ0n) is 55.7. The van der Waals surface area contributed by atoms with E-state index in [0.29, 0.717) is 44.7 Å². The Kier molecular flexibility index (Phi) is 8.88. The third kappa shape index (κ3) is 8.64. The summed E-state index contributed by atoms with van der Waals surface area (Å²) >= 11 is 0. The van der Waals surface area contributed by atoms with Crippen molar-refractivity contribution in [2.24, 2.45) is 5.41 Å². The molecule has 0 spiro atoms. The largest absolute Gasteiger partial charge is 0.457 e. The fourth-order valence-electron chi connectivity index (χ4n) is 11.3. The van der Waals surface area contributed by atoms with Crippen LogP contribution in [0.2, 0.25) is 0 Å². The summed E-state index contributed by atoms with van der Waals surface area (Å²) in [5.41, 5.74) is 3.01. The number of ether oxygens (including phenoxy) is 1. The maximum absolute atomic E-state index is 9.92. The third-order valence-electron chi connectivity index (χ3n) is 14.9. The van der Waals surface area contributed by atoms with E-state index < -0.39 is 43.2 Å². The van der Waals surface area contributed by atoms with Gasteiger partial charge in [-0.2, -0.15) is 0 Å². The predicted molar refractivity (Wildman–Crippen MR) is 324 cm³/mol. The number of fused-ring (bicyclic) bond motifs is 10. The van der Waals surface area contributed by atoms with Crippen LogP contribution >= 0.6 is 0 Å². The van der Waals surface area contributed by atoms with Crippen LogP contribution in [0.3, 0.4) is 0 Å². The van der Waals surface area contributed by atoms with Crippen molar-refractivity contribution in [2.45, 2.75) is 112 Å².